The summed E-state index contributed by atoms with van der Waals surface area (Å²) >= 11 is 0. The molecule has 11 nitrogen and oxygen atoms in total. The van der Waals surface area contributed by atoms with Gasteiger partial charge in [-0.3, -0.25) is 9.69 Å². The smallest absolute Gasteiger partial charge is 0.410 e. The number of hydrogen-bond donors (Lipinski definition) is 1. The van der Waals surface area contributed by atoms with E-state index in [1.54, 1.807) is 11.2 Å². The van der Waals surface area contributed by atoms with Gasteiger partial charge < -0.3 is 24.4 Å². The van der Waals surface area contributed by atoms with Crippen molar-refractivity contribution in [3.8, 4) is 11.3 Å². The maximum atomic E-state index is 14.9. The number of hydrogen-bond acceptors (Lipinski definition) is 8. The van der Waals surface area contributed by atoms with Crippen molar-refractivity contribution < 1.29 is 23.1 Å². The largest absolute Gasteiger partial charge is 0.444 e. The molecule has 0 radical (unpaired) electrons. The number of pyridine rings is 2. The fraction of sp³-hybridized carbons (Fsp3) is 0.537. The highest BCUT2D eigenvalue weighted by Crippen LogP contribution is 2.52. The highest BCUT2D eigenvalue weighted by molar-refractivity contribution is 6.09. The molecule has 0 atom stereocenters. The van der Waals surface area contributed by atoms with Crippen LogP contribution in [0.25, 0.3) is 22.3 Å². The summed E-state index contributed by atoms with van der Waals surface area (Å²) in [6.45, 7) is 17.3. The third-order valence-electron chi connectivity index (χ3n) is 11.8. The maximum absolute atomic E-state index is 14.9. The van der Waals surface area contributed by atoms with E-state index >= 15 is 0 Å². The quantitative estimate of drug-likeness (QED) is 0.199. The van der Waals surface area contributed by atoms with Gasteiger partial charge in [0.25, 0.3) is 0 Å². The Morgan fingerprint density at radius 1 is 0.981 bits per heavy atom. The number of carbonyl (C=O) groups is 2. The Kier molecular flexibility index (Phi) is 8.74. The SMILES string of the molecule is CC(C)n1cnc2cc(-c3ccc4c(c3)N(C3CC(N5CCC(C)(C)C5)C3)C(=O)C43CCN(C(=O)OC(C)(C)C)CC3)nc(Nc3ccc(F)nc3F)c21. The maximum Gasteiger partial charge on any atom is 0.410 e. The van der Waals surface area contributed by atoms with Crippen LogP contribution in [0.4, 0.5) is 30.8 Å². The van der Waals surface area contributed by atoms with Crippen molar-refractivity contribution in [3.05, 3.63) is 60.2 Å². The molecule has 0 bridgehead atoms. The van der Waals surface area contributed by atoms with Crippen molar-refractivity contribution >= 4 is 40.2 Å². The first-order valence-corrected chi connectivity index (χ1v) is 19.2. The molecule has 2 saturated heterocycles. The number of anilines is 3. The first-order chi connectivity index (χ1) is 25.5. The number of benzene rings is 1. The predicted molar refractivity (Wildman–Crippen MR) is 204 cm³/mol. The minimum atomic E-state index is -0.975. The molecule has 54 heavy (non-hydrogen) atoms. The summed E-state index contributed by atoms with van der Waals surface area (Å²) in [4.78, 5) is 47.3. The summed E-state index contributed by atoms with van der Waals surface area (Å²) in [6.07, 6.45) is 5.39. The predicted octanol–water partition coefficient (Wildman–Crippen LogP) is 7.97. The monoisotopic (exact) mass is 740 g/mol. The number of piperidine rings is 1. The molecular weight excluding hydrogens is 691 g/mol. The number of nitrogens with zero attached hydrogens (tertiary/aromatic N) is 7. The van der Waals surface area contributed by atoms with Crippen molar-refractivity contribution in [1.29, 1.82) is 0 Å². The molecule has 6 heterocycles. The van der Waals surface area contributed by atoms with E-state index in [9.17, 15) is 18.4 Å². The molecule has 2 amide bonds. The highest BCUT2D eigenvalue weighted by atomic mass is 19.1. The fourth-order valence-electron chi connectivity index (χ4n) is 8.85. The van der Waals surface area contributed by atoms with Crippen LogP contribution in [0.1, 0.15) is 92.2 Å². The van der Waals surface area contributed by atoms with Crippen LogP contribution in [0.5, 0.6) is 0 Å². The van der Waals surface area contributed by atoms with Crippen LogP contribution in [-0.4, -0.2) is 85.2 Å². The van der Waals surface area contributed by atoms with Gasteiger partial charge >= 0.3 is 6.09 Å². The third kappa shape index (κ3) is 6.37. The van der Waals surface area contributed by atoms with Gasteiger partial charge in [0.05, 0.1) is 28.6 Å². The van der Waals surface area contributed by atoms with Gasteiger partial charge in [-0.2, -0.15) is 13.8 Å². The lowest BCUT2D eigenvalue weighted by molar-refractivity contribution is -0.126. The number of fused-ring (bicyclic) bond motifs is 3. The van der Waals surface area contributed by atoms with Gasteiger partial charge in [-0.25, -0.2) is 14.8 Å². The number of likely N-dealkylation sites (tertiary alicyclic amines) is 2. The van der Waals surface area contributed by atoms with Crippen LogP contribution < -0.4 is 10.2 Å². The third-order valence-corrected chi connectivity index (χ3v) is 11.8. The molecule has 286 valence electrons. The Morgan fingerprint density at radius 2 is 1.72 bits per heavy atom. The lowest BCUT2D eigenvalue weighted by atomic mass is 9.73. The van der Waals surface area contributed by atoms with Crippen LogP contribution in [0, 0.1) is 17.3 Å². The van der Waals surface area contributed by atoms with Gasteiger partial charge in [0.1, 0.15) is 11.1 Å². The Hall–Kier alpha value is -4.65. The number of carbonyl (C=O) groups excluding carboxylic acids is 2. The number of ether oxygens (including phenoxy) is 1. The Morgan fingerprint density at radius 3 is 2.37 bits per heavy atom. The molecule has 1 saturated carbocycles. The van der Waals surface area contributed by atoms with E-state index in [1.165, 1.54) is 12.5 Å². The lowest BCUT2D eigenvalue weighted by Gasteiger charge is -2.46. The van der Waals surface area contributed by atoms with Crippen molar-refractivity contribution in [2.24, 2.45) is 5.41 Å². The second-order valence-electron chi connectivity index (χ2n) is 17.7. The Labute approximate surface area is 315 Å². The standard InChI is InChI=1S/C41H50F2N8O3/c1-24(2)50-23-44-31-21-30(46-36(34(31)50)45-29-10-11-33(42)47-35(29)43)25-8-9-28-32(18-25)51(27-19-26(20-27)49-15-12-40(6,7)22-49)37(52)41(28)13-16-48(17-14-41)38(53)54-39(3,4)5/h8-11,18,21,23-24,26-27H,12-17,19-20,22H2,1-7H3,(H,45,46). The van der Waals surface area contributed by atoms with Crippen molar-refractivity contribution in [2.45, 2.75) is 110 Å². The van der Waals surface area contributed by atoms with Crippen molar-refractivity contribution in [1.82, 2.24) is 29.3 Å². The average Bonchev–Trinajstić information content (AvgIpc) is 3.74. The Balaban J connectivity index is 1.16. The van der Waals surface area contributed by atoms with Gasteiger partial charge in [0, 0.05) is 49.0 Å². The molecule has 4 aliphatic rings. The molecular formula is C41H50F2N8O3. The summed E-state index contributed by atoms with van der Waals surface area (Å²) < 4.78 is 36.2. The first-order valence-electron chi connectivity index (χ1n) is 19.2. The van der Waals surface area contributed by atoms with E-state index in [2.05, 4.69) is 46.2 Å². The summed E-state index contributed by atoms with van der Waals surface area (Å²) in [5.74, 6) is -1.43. The second-order valence-corrected chi connectivity index (χ2v) is 17.7. The van der Waals surface area contributed by atoms with Crippen molar-refractivity contribution in [3.63, 3.8) is 0 Å². The zero-order chi connectivity index (χ0) is 38.3. The van der Waals surface area contributed by atoms with Gasteiger partial charge in [-0.1, -0.05) is 26.0 Å². The second kappa shape index (κ2) is 13.0. The van der Waals surface area contributed by atoms with Crippen molar-refractivity contribution in [2.75, 3.05) is 36.4 Å². The van der Waals surface area contributed by atoms with Crippen LogP contribution in [0.15, 0.2) is 42.7 Å². The van der Waals surface area contributed by atoms with Crippen LogP contribution in [0.3, 0.4) is 0 Å². The van der Waals surface area contributed by atoms with Crippen LogP contribution >= 0.6 is 0 Å². The van der Waals surface area contributed by atoms with E-state index in [0.29, 0.717) is 59.9 Å². The number of halogens is 2. The molecule has 0 unspecified atom stereocenters. The number of imidazole rings is 1. The number of nitrogens with one attached hydrogen (secondary N) is 1. The molecule has 4 aromatic rings. The topological polar surface area (TPSA) is 109 Å². The minimum Gasteiger partial charge on any atom is -0.444 e. The minimum absolute atomic E-state index is 0.00910. The van der Waals surface area contributed by atoms with E-state index < -0.39 is 22.9 Å². The van der Waals surface area contributed by atoms with Gasteiger partial charge in [0.15, 0.2) is 5.82 Å². The molecule has 3 aromatic heterocycles. The normalized spacial score (nSPS) is 22.3. The summed E-state index contributed by atoms with van der Waals surface area (Å²) in [5, 5.41) is 3.06. The van der Waals surface area contributed by atoms with Gasteiger partial charge in [-0.05, 0) is 109 Å². The summed E-state index contributed by atoms with van der Waals surface area (Å²) in [6, 6.07) is 11.0. The lowest BCUT2D eigenvalue weighted by Crippen LogP contribution is -2.58. The fourth-order valence-corrected chi connectivity index (χ4v) is 8.85. The molecule has 3 fully saturated rings. The molecule has 1 N–H and O–H groups in total. The van der Waals surface area contributed by atoms with Gasteiger partial charge in [-0.15, -0.1) is 0 Å². The molecule has 13 heteroatoms. The number of rotatable bonds is 6. The Bertz CT molecular complexity index is 2130. The van der Waals surface area contributed by atoms with E-state index in [-0.39, 0.29) is 29.8 Å². The summed E-state index contributed by atoms with van der Waals surface area (Å²) in [5.41, 5.74) is 3.51. The first kappa shape index (κ1) is 36.3. The van der Waals surface area contributed by atoms with Gasteiger partial charge in [0.2, 0.25) is 17.8 Å². The van der Waals surface area contributed by atoms with E-state index in [4.69, 9.17) is 9.72 Å². The summed E-state index contributed by atoms with van der Waals surface area (Å²) in [7, 11) is 0. The number of aromatic nitrogens is 4. The molecule has 8 rings (SSSR count). The van der Waals surface area contributed by atoms with Crippen LogP contribution in [0.2, 0.25) is 0 Å². The highest BCUT2D eigenvalue weighted by Gasteiger charge is 2.56. The zero-order valence-corrected chi connectivity index (χ0v) is 32.2. The molecule has 3 aliphatic heterocycles. The molecule has 1 aromatic carbocycles. The molecule has 1 spiro atoms. The molecule has 1 aliphatic carbocycles. The zero-order valence-electron chi connectivity index (χ0n) is 32.2. The van der Waals surface area contributed by atoms with Crippen LogP contribution in [-0.2, 0) is 14.9 Å². The van der Waals surface area contributed by atoms with E-state index in [1.807, 2.05) is 56.2 Å². The number of amides is 2. The van der Waals surface area contributed by atoms with E-state index in [0.717, 1.165) is 48.8 Å². The average molecular weight is 741 g/mol.